The van der Waals surface area contributed by atoms with Gasteiger partial charge in [0.2, 0.25) is 0 Å². The number of piperazine rings is 1. The van der Waals surface area contributed by atoms with Gasteiger partial charge in [0.15, 0.2) is 0 Å². The summed E-state index contributed by atoms with van der Waals surface area (Å²) < 4.78 is 0. The Hall–Kier alpha value is -0.380. The minimum absolute atomic E-state index is 0.670. The molecule has 0 radical (unpaired) electrons. The lowest BCUT2D eigenvalue weighted by atomic mass is 9.90. The smallest absolute Gasteiger partial charge is 0.0363 e. The van der Waals surface area contributed by atoms with Gasteiger partial charge in [-0.2, -0.15) is 0 Å². The molecule has 3 rings (SSSR count). The summed E-state index contributed by atoms with van der Waals surface area (Å²) in [5.74, 6) is 0. The monoisotopic (exact) mass is 278 g/mol. The van der Waals surface area contributed by atoms with Gasteiger partial charge in [0.1, 0.15) is 0 Å². The average Bonchev–Trinajstić information content (AvgIpc) is 2.89. The number of rotatable bonds is 3. The summed E-state index contributed by atoms with van der Waals surface area (Å²) in [5, 5.41) is 6.01. The Morgan fingerprint density at radius 3 is 3.21 bits per heavy atom. The number of aryl methyl sites for hydroxylation is 1. The minimum Gasteiger partial charge on any atom is -0.311 e. The molecule has 3 unspecified atom stereocenters. The molecule has 1 aliphatic heterocycles. The van der Waals surface area contributed by atoms with Crippen molar-refractivity contribution in [3.05, 3.63) is 21.9 Å². The second-order valence-electron chi connectivity index (χ2n) is 6.15. The van der Waals surface area contributed by atoms with Crippen molar-refractivity contribution < 1.29 is 0 Å². The van der Waals surface area contributed by atoms with E-state index in [9.17, 15) is 0 Å². The molecule has 1 fully saturated rings. The molecule has 19 heavy (non-hydrogen) atoms. The second-order valence-corrected chi connectivity index (χ2v) is 7.15. The third-order valence-corrected chi connectivity index (χ3v) is 5.75. The number of nitrogens with one attached hydrogen (secondary N) is 1. The van der Waals surface area contributed by atoms with Crippen molar-refractivity contribution >= 4 is 11.3 Å². The van der Waals surface area contributed by atoms with Crippen molar-refractivity contribution in [3.63, 3.8) is 0 Å². The van der Waals surface area contributed by atoms with Gasteiger partial charge in [0.25, 0.3) is 0 Å². The Bertz CT molecular complexity index is 415. The predicted molar refractivity (Wildman–Crippen MR) is 82.9 cm³/mol. The van der Waals surface area contributed by atoms with Crippen LogP contribution in [0.2, 0.25) is 0 Å². The van der Waals surface area contributed by atoms with Crippen LogP contribution in [0.25, 0.3) is 0 Å². The Balaban J connectivity index is 1.77. The van der Waals surface area contributed by atoms with Crippen LogP contribution in [0, 0.1) is 0 Å². The number of nitrogens with zero attached hydrogens (tertiary/aromatic N) is 1. The molecule has 0 amide bonds. The number of hydrogen-bond acceptors (Lipinski definition) is 3. The molecule has 2 aliphatic rings. The first-order chi connectivity index (χ1) is 9.29. The lowest BCUT2D eigenvalue weighted by Crippen LogP contribution is -2.56. The summed E-state index contributed by atoms with van der Waals surface area (Å²) in [7, 11) is 0. The zero-order valence-electron chi connectivity index (χ0n) is 12.2. The van der Waals surface area contributed by atoms with Gasteiger partial charge in [-0.1, -0.05) is 13.3 Å². The predicted octanol–water partition coefficient (Wildman–Crippen LogP) is 3.59. The highest BCUT2D eigenvalue weighted by Crippen LogP contribution is 2.38. The first-order valence-electron chi connectivity index (χ1n) is 7.85. The highest BCUT2D eigenvalue weighted by molar-refractivity contribution is 7.10. The van der Waals surface area contributed by atoms with Gasteiger partial charge < -0.3 is 5.32 Å². The SMILES string of the molecule is CCCC1CN(C2CCCc3sccc32)C(C)CN1. The summed E-state index contributed by atoms with van der Waals surface area (Å²) in [6.45, 7) is 7.06. The van der Waals surface area contributed by atoms with Crippen LogP contribution in [0.5, 0.6) is 0 Å². The maximum Gasteiger partial charge on any atom is 0.0363 e. The van der Waals surface area contributed by atoms with Crippen LogP contribution in [-0.4, -0.2) is 30.1 Å². The number of fused-ring (bicyclic) bond motifs is 1. The minimum atomic E-state index is 0.670. The first kappa shape index (κ1) is 13.6. The Morgan fingerprint density at radius 2 is 2.37 bits per heavy atom. The average molecular weight is 278 g/mol. The van der Waals surface area contributed by atoms with Crippen LogP contribution in [0.3, 0.4) is 0 Å². The zero-order chi connectivity index (χ0) is 13.2. The quantitative estimate of drug-likeness (QED) is 0.909. The standard InChI is InChI=1S/C16H26N2S/c1-3-5-13-11-18(12(2)10-17-13)15-6-4-7-16-14(15)8-9-19-16/h8-9,12-13,15,17H,3-7,10-11H2,1-2H3. The van der Waals surface area contributed by atoms with E-state index in [2.05, 4.69) is 35.5 Å². The van der Waals surface area contributed by atoms with Crippen LogP contribution in [0.4, 0.5) is 0 Å². The van der Waals surface area contributed by atoms with Crippen molar-refractivity contribution in [2.75, 3.05) is 13.1 Å². The van der Waals surface area contributed by atoms with Crippen molar-refractivity contribution in [2.45, 2.75) is 64.1 Å². The Morgan fingerprint density at radius 1 is 1.47 bits per heavy atom. The highest BCUT2D eigenvalue weighted by Gasteiger charge is 2.33. The molecule has 3 heteroatoms. The van der Waals surface area contributed by atoms with E-state index in [1.165, 1.54) is 38.6 Å². The van der Waals surface area contributed by atoms with Crippen LogP contribution < -0.4 is 5.32 Å². The molecule has 1 aliphatic carbocycles. The summed E-state index contributed by atoms with van der Waals surface area (Å²) in [4.78, 5) is 4.43. The molecule has 1 saturated heterocycles. The first-order valence-corrected chi connectivity index (χ1v) is 8.73. The molecule has 106 valence electrons. The fourth-order valence-electron chi connectivity index (χ4n) is 3.74. The van der Waals surface area contributed by atoms with Gasteiger partial charge in [-0.15, -0.1) is 11.3 Å². The highest BCUT2D eigenvalue weighted by atomic mass is 32.1. The Kier molecular flexibility index (Phi) is 4.25. The largest absolute Gasteiger partial charge is 0.311 e. The van der Waals surface area contributed by atoms with Gasteiger partial charge in [-0.25, -0.2) is 0 Å². The molecule has 0 bridgehead atoms. The number of thiophene rings is 1. The van der Waals surface area contributed by atoms with Crippen molar-refractivity contribution in [3.8, 4) is 0 Å². The van der Waals surface area contributed by atoms with E-state index >= 15 is 0 Å². The van der Waals surface area contributed by atoms with E-state index in [1.807, 2.05) is 11.3 Å². The molecular formula is C16H26N2S. The topological polar surface area (TPSA) is 15.3 Å². The second kappa shape index (κ2) is 5.94. The van der Waals surface area contributed by atoms with Crippen LogP contribution in [0.1, 0.15) is 56.0 Å². The van der Waals surface area contributed by atoms with Crippen LogP contribution in [-0.2, 0) is 6.42 Å². The summed E-state index contributed by atoms with van der Waals surface area (Å²) in [5.41, 5.74) is 1.64. The molecule has 0 aromatic carbocycles. The van der Waals surface area contributed by atoms with E-state index < -0.39 is 0 Å². The van der Waals surface area contributed by atoms with E-state index in [0.717, 1.165) is 6.54 Å². The normalized spacial score (nSPS) is 32.2. The fourth-order valence-corrected chi connectivity index (χ4v) is 4.72. The lowest BCUT2D eigenvalue weighted by molar-refractivity contribution is 0.0788. The summed E-state index contributed by atoms with van der Waals surface area (Å²) >= 11 is 1.96. The lowest BCUT2D eigenvalue weighted by Gasteiger charge is -2.44. The Labute approximate surface area is 121 Å². The number of hydrogen-bond donors (Lipinski definition) is 1. The third-order valence-electron chi connectivity index (χ3n) is 4.76. The van der Waals surface area contributed by atoms with E-state index in [4.69, 9.17) is 0 Å². The molecule has 0 saturated carbocycles. The van der Waals surface area contributed by atoms with Gasteiger partial charge in [0.05, 0.1) is 0 Å². The molecule has 3 atom stereocenters. The van der Waals surface area contributed by atoms with Crippen LogP contribution in [0.15, 0.2) is 11.4 Å². The van der Waals surface area contributed by atoms with Crippen LogP contribution >= 0.6 is 11.3 Å². The maximum absolute atomic E-state index is 3.72. The van der Waals surface area contributed by atoms with Gasteiger partial charge >= 0.3 is 0 Å². The molecule has 1 aromatic rings. The molecule has 0 spiro atoms. The van der Waals surface area contributed by atoms with Gasteiger partial charge in [-0.05, 0) is 49.6 Å². The van der Waals surface area contributed by atoms with E-state index in [1.54, 1.807) is 10.4 Å². The van der Waals surface area contributed by atoms with Gasteiger partial charge in [-0.3, -0.25) is 4.90 Å². The van der Waals surface area contributed by atoms with Crippen molar-refractivity contribution in [1.82, 2.24) is 10.2 Å². The van der Waals surface area contributed by atoms with E-state index in [-0.39, 0.29) is 0 Å². The molecule has 2 nitrogen and oxygen atoms in total. The molecule has 1 N–H and O–H groups in total. The third kappa shape index (κ3) is 2.74. The van der Waals surface area contributed by atoms with E-state index in [0.29, 0.717) is 18.1 Å². The summed E-state index contributed by atoms with van der Waals surface area (Å²) in [6.07, 6.45) is 6.63. The molecule has 2 heterocycles. The van der Waals surface area contributed by atoms with Crippen molar-refractivity contribution in [2.24, 2.45) is 0 Å². The zero-order valence-corrected chi connectivity index (χ0v) is 13.0. The van der Waals surface area contributed by atoms with Gasteiger partial charge in [0, 0.05) is 36.1 Å². The van der Waals surface area contributed by atoms with Crippen molar-refractivity contribution in [1.29, 1.82) is 0 Å². The molecular weight excluding hydrogens is 252 g/mol. The fraction of sp³-hybridized carbons (Fsp3) is 0.750. The molecule has 1 aromatic heterocycles. The summed E-state index contributed by atoms with van der Waals surface area (Å²) in [6, 6.07) is 4.44. The maximum atomic E-state index is 3.72.